The molecule has 2 fully saturated rings. The van der Waals surface area contributed by atoms with Crippen molar-refractivity contribution in [3.8, 4) is 11.5 Å². The van der Waals surface area contributed by atoms with Gasteiger partial charge in [-0.2, -0.15) is 0 Å². The molecule has 1 saturated heterocycles. The molecule has 5 atom stereocenters. The number of phenolic OH excluding ortho intramolecular Hbond substituents is 1. The highest BCUT2D eigenvalue weighted by Crippen LogP contribution is 2.63. The maximum Gasteiger partial charge on any atom is 0.174 e. The number of carbonyl (C=O) groups excluding carboxylic acids is 1. The predicted octanol–water partition coefficient (Wildman–Crippen LogP) is 1.64. The Morgan fingerprint density at radius 1 is 1.45 bits per heavy atom. The molecule has 4 aliphatic rings. The topological polar surface area (TPSA) is 69.6 Å². The molecule has 2 bridgehead atoms. The normalized spacial score (nSPS) is 44.5. The van der Waals surface area contributed by atoms with E-state index in [-0.39, 0.29) is 33.6 Å². The molecule has 5 heteroatoms. The third kappa shape index (κ3) is 1.23. The molecule has 1 aromatic carbocycles. The first kappa shape index (κ1) is 12.9. The zero-order valence-corrected chi connectivity index (χ0v) is 12.5. The highest BCUT2D eigenvalue weighted by Gasteiger charge is 2.68. The smallest absolute Gasteiger partial charge is 0.174 e. The number of piperidine rings is 1. The standard InChI is InChI=1S/C17H19NO4/c1-18(21)7-6-17-10-3-5-13(20)16(17)22-15-12(19)4-2-9(14(15)17)8-11(10)18/h2,4,10-11,16,19H,3,5-8H2,1H3/t10?,11-,16+,17+,18?/m1/s1. The summed E-state index contributed by atoms with van der Waals surface area (Å²) in [7, 11) is 1.77. The minimum Gasteiger partial charge on any atom is -0.633 e. The molecule has 1 spiro atoms. The Morgan fingerprint density at radius 3 is 3.09 bits per heavy atom. The van der Waals surface area contributed by atoms with E-state index in [1.165, 1.54) is 0 Å². The van der Waals surface area contributed by atoms with Crippen molar-refractivity contribution < 1.29 is 19.3 Å². The molecule has 2 aliphatic carbocycles. The van der Waals surface area contributed by atoms with Crippen LogP contribution in [0.15, 0.2) is 12.1 Å². The number of nitrogens with zero attached hydrogens (tertiary/aromatic N) is 1. The van der Waals surface area contributed by atoms with E-state index in [4.69, 9.17) is 4.74 Å². The van der Waals surface area contributed by atoms with Crippen molar-refractivity contribution in [2.75, 3.05) is 13.6 Å². The minimum absolute atomic E-state index is 0.00376. The van der Waals surface area contributed by atoms with E-state index in [9.17, 15) is 15.1 Å². The average Bonchev–Trinajstić information content (AvgIpc) is 2.84. The molecular formula is C17H19NO4. The highest BCUT2D eigenvalue weighted by molar-refractivity contribution is 5.89. The van der Waals surface area contributed by atoms with Gasteiger partial charge in [0.1, 0.15) is 0 Å². The maximum atomic E-state index is 13.0. The quantitative estimate of drug-likeness (QED) is 0.584. The Hall–Kier alpha value is -1.59. The molecule has 1 saturated carbocycles. The van der Waals surface area contributed by atoms with Crippen LogP contribution in [0.4, 0.5) is 0 Å². The number of Topliss-reactive ketones (excluding diaryl/α,β-unsaturated/α-hetero) is 1. The summed E-state index contributed by atoms with van der Waals surface area (Å²) < 4.78 is 5.76. The van der Waals surface area contributed by atoms with E-state index in [1.54, 1.807) is 13.1 Å². The van der Waals surface area contributed by atoms with Crippen LogP contribution in [0.3, 0.4) is 0 Å². The number of hydroxylamine groups is 3. The second kappa shape index (κ2) is 3.66. The number of likely N-dealkylation sites (tertiary alicyclic amines) is 1. The van der Waals surface area contributed by atoms with Gasteiger partial charge in [-0.15, -0.1) is 0 Å². The zero-order chi connectivity index (χ0) is 15.3. The van der Waals surface area contributed by atoms with Crippen molar-refractivity contribution in [3.63, 3.8) is 0 Å². The van der Waals surface area contributed by atoms with Gasteiger partial charge in [0.15, 0.2) is 23.4 Å². The summed E-state index contributed by atoms with van der Waals surface area (Å²) in [5.74, 6) is 0.933. The molecule has 2 heterocycles. The Morgan fingerprint density at radius 2 is 2.27 bits per heavy atom. The van der Waals surface area contributed by atoms with E-state index < -0.39 is 6.10 Å². The van der Waals surface area contributed by atoms with Crippen LogP contribution in [0.2, 0.25) is 0 Å². The number of rotatable bonds is 0. The van der Waals surface area contributed by atoms with E-state index in [0.717, 1.165) is 24.0 Å². The largest absolute Gasteiger partial charge is 0.633 e. The molecule has 22 heavy (non-hydrogen) atoms. The molecule has 116 valence electrons. The second-order valence-corrected chi connectivity index (χ2v) is 7.52. The number of hydrogen-bond donors (Lipinski definition) is 1. The molecule has 5 rings (SSSR count). The summed E-state index contributed by atoms with van der Waals surface area (Å²) in [5, 5.41) is 23.2. The van der Waals surface area contributed by atoms with E-state index in [1.807, 2.05) is 6.07 Å². The fraction of sp³-hybridized carbons (Fsp3) is 0.588. The zero-order valence-electron chi connectivity index (χ0n) is 12.5. The van der Waals surface area contributed by atoms with Crippen molar-refractivity contribution in [2.45, 2.75) is 43.2 Å². The number of ketones is 1. The summed E-state index contributed by atoms with van der Waals surface area (Å²) >= 11 is 0. The van der Waals surface area contributed by atoms with E-state index >= 15 is 0 Å². The fourth-order valence-corrected chi connectivity index (χ4v) is 5.68. The first-order valence-electron chi connectivity index (χ1n) is 8.06. The van der Waals surface area contributed by atoms with Crippen molar-refractivity contribution in [3.05, 3.63) is 28.5 Å². The van der Waals surface area contributed by atoms with E-state index in [2.05, 4.69) is 0 Å². The number of hydrogen-bond acceptors (Lipinski definition) is 4. The van der Waals surface area contributed by atoms with Gasteiger partial charge in [-0.1, -0.05) is 6.07 Å². The van der Waals surface area contributed by atoms with E-state index in [0.29, 0.717) is 25.1 Å². The summed E-state index contributed by atoms with van der Waals surface area (Å²) in [6.45, 7) is 0.517. The van der Waals surface area contributed by atoms with Crippen LogP contribution in [0, 0.1) is 11.1 Å². The van der Waals surface area contributed by atoms with Crippen molar-refractivity contribution in [1.82, 2.24) is 0 Å². The lowest BCUT2D eigenvalue weighted by Gasteiger charge is -2.62. The number of phenols is 1. The van der Waals surface area contributed by atoms with Gasteiger partial charge < -0.3 is 19.7 Å². The van der Waals surface area contributed by atoms with Crippen molar-refractivity contribution in [2.24, 2.45) is 5.92 Å². The Kier molecular flexibility index (Phi) is 2.15. The minimum atomic E-state index is -0.503. The molecule has 2 aliphatic heterocycles. The molecule has 1 N–H and O–H groups in total. The Labute approximate surface area is 128 Å². The number of aromatic hydroxyl groups is 1. The van der Waals surface area contributed by atoms with Crippen LogP contribution in [-0.4, -0.2) is 41.3 Å². The SMILES string of the molecule is C[N+]1([O-])CC[C@]23c4c5ccc(O)c4O[C@H]2C(=O)CCC3[C@H]1C5. The second-order valence-electron chi connectivity index (χ2n) is 7.52. The maximum absolute atomic E-state index is 13.0. The Bertz CT molecular complexity index is 713. The predicted molar refractivity (Wildman–Crippen MR) is 78.5 cm³/mol. The van der Waals surface area contributed by atoms with Gasteiger partial charge in [-0.05, 0) is 18.1 Å². The molecule has 1 aromatic rings. The molecule has 2 unspecified atom stereocenters. The monoisotopic (exact) mass is 301 g/mol. The summed E-state index contributed by atoms with van der Waals surface area (Å²) in [6, 6.07) is 3.54. The number of quaternary nitrogens is 1. The molecule has 0 radical (unpaired) electrons. The lowest BCUT2D eigenvalue weighted by molar-refractivity contribution is -0.899. The molecule has 0 amide bonds. The number of ether oxygens (including phenoxy) is 1. The lowest BCUT2D eigenvalue weighted by Crippen LogP contribution is -2.70. The average molecular weight is 301 g/mol. The molecular weight excluding hydrogens is 282 g/mol. The summed E-state index contributed by atoms with van der Waals surface area (Å²) in [5.41, 5.74) is 1.75. The first-order chi connectivity index (χ1) is 10.4. The van der Waals surface area contributed by atoms with Gasteiger partial charge in [0.2, 0.25) is 0 Å². The summed E-state index contributed by atoms with van der Waals surface area (Å²) in [6.07, 6.45) is 2.15. The third-order valence-electron chi connectivity index (χ3n) is 6.61. The first-order valence-corrected chi connectivity index (χ1v) is 8.06. The van der Waals surface area contributed by atoms with Crippen LogP contribution >= 0.6 is 0 Å². The fourth-order valence-electron chi connectivity index (χ4n) is 5.68. The van der Waals surface area contributed by atoms with Crippen LogP contribution in [-0.2, 0) is 16.6 Å². The van der Waals surface area contributed by atoms with Gasteiger partial charge in [-0.3, -0.25) is 4.79 Å². The molecule has 0 aromatic heterocycles. The van der Waals surface area contributed by atoms with Gasteiger partial charge in [0.05, 0.1) is 25.0 Å². The van der Waals surface area contributed by atoms with Crippen LogP contribution in [0.25, 0.3) is 0 Å². The van der Waals surface area contributed by atoms with Crippen molar-refractivity contribution in [1.29, 1.82) is 0 Å². The van der Waals surface area contributed by atoms with Crippen LogP contribution in [0.5, 0.6) is 11.5 Å². The lowest BCUT2D eigenvalue weighted by atomic mass is 9.51. The van der Waals surface area contributed by atoms with Gasteiger partial charge in [0, 0.05) is 30.7 Å². The van der Waals surface area contributed by atoms with Gasteiger partial charge in [0.25, 0.3) is 0 Å². The van der Waals surface area contributed by atoms with Gasteiger partial charge in [-0.25, -0.2) is 0 Å². The number of carbonyl (C=O) groups is 1. The Balaban J connectivity index is 1.83. The summed E-state index contributed by atoms with van der Waals surface area (Å²) in [4.78, 5) is 12.5. The number of likely N-dealkylation sites (N-methyl/N-ethyl adjacent to an activating group) is 1. The van der Waals surface area contributed by atoms with Crippen LogP contribution in [0.1, 0.15) is 30.4 Å². The third-order valence-corrected chi connectivity index (χ3v) is 6.61. The number of benzene rings is 1. The highest BCUT2D eigenvalue weighted by atomic mass is 16.5. The van der Waals surface area contributed by atoms with Crippen LogP contribution < -0.4 is 4.74 Å². The van der Waals surface area contributed by atoms with Gasteiger partial charge >= 0.3 is 0 Å². The molecule has 5 nitrogen and oxygen atoms in total. The van der Waals surface area contributed by atoms with Crippen molar-refractivity contribution >= 4 is 5.78 Å².